The number of hydrogen-bond acceptors (Lipinski definition) is 3. The summed E-state index contributed by atoms with van der Waals surface area (Å²) in [5.41, 5.74) is 8.79. The molecular formula is C14H16N2O. The number of rotatable bonds is 3. The highest BCUT2D eigenvalue weighted by molar-refractivity contribution is 5.74. The van der Waals surface area contributed by atoms with E-state index in [2.05, 4.69) is 4.90 Å². The minimum Gasteiger partial charge on any atom is -0.497 e. The Labute approximate surface area is 101 Å². The molecule has 17 heavy (non-hydrogen) atoms. The van der Waals surface area contributed by atoms with E-state index in [0.29, 0.717) is 0 Å². The monoisotopic (exact) mass is 228 g/mol. The van der Waals surface area contributed by atoms with E-state index in [9.17, 15) is 0 Å². The lowest BCUT2D eigenvalue weighted by atomic mass is 10.2. The fourth-order valence-electron chi connectivity index (χ4n) is 1.74. The quantitative estimate of drug-likeness (QED) is 0.820. The Balaban J connectivity index is 2.30. The fraction of sp³-hybridized carbons (Fsp3) is 0.143. The number of nitrogen functional groups attached to an aromatic ring is 1. The van der Waals surface area contributed by atoms with E-state index in [-0.39, 0.29) is 0 Å². The van der Waals surface area contributed by atoms with E-state index >= 15 is 0 Å². The van der Waals surface area contributed by atoms with Crippen molar-refractivity contribution in [2.75, 3.05) is 24.8 Å². The minimum atomic E-state index is 0.769. The molecular weight excluding hydrogens is 212 g/mol. The molecule has 3 heteroatoms. The Morgan fingerprint density at radius 2 is 1.65 bits per heavy atom. The molecule has 3 nitrogen and oxygen atoms in total. The Bertz CT molecular complexity index is 494. The SMILES string of the molecule is COc1ccc(N(C)c2ccccc2N)cc1. The molecule has 0 aromatic heterocycles. The van der Waals surface area contributed by atoms with Gasteiger partial charge < -0.3 is 15.4 Å². The maximum atomic E-state index is 5.95. The summed E-state index contributed by atoms with van der Waals surface area (Å²) in [6.45, 7) is 0. The molecule has 2 rings (SSSR count). The van der Waals surface area contributed by atoms with Crippen LogP contribution in [0.1, 0.15) is 0 Å². The van der Waals surface area contributed by atoms with Crippen LogP contribution >= 0.6 is 0 Å². The maximum Gasteiger partial charge on any atom is 0.119 e. The number of nitrogens with zero attached hydrogens (tertiary/aromatic N) is 1. The summed E-state index contributed by atoms with van der Waals surface area (Å²) in [6.07, 6.45) is 0. The highest BCUT2D eigenvalue weighted by Gasteiger charge is 2.06. The van der Waals surface area contributed by atoms with Crippen LogP contribution in [-0.4, -0.2) is 14.2 Å². The molecule has 0 saturated heterocycles. The van der Waals surface area contributed by atoms with Crippen LogP contribution in [0.3, 0.4) is 0 Å². The molecule has 0 bridgehead atoms. The van der Waals surface area contributed by atoms with Crippen molar-refractivity contribution >= 4 is 17.1 Å². The van der Waals surface area contributed by atoms with Crippen molar-refractivity contribution in [3.8, 4) is 5.75 Å². The third-order valence-electron chi connectivity index (χ3n) is 2.76. The van der Waals surface area contributed by atoms with Crippen LogP contribution in [0.5, 0.6) is 5.75 Å². The molecule has 0 aliphatic heterocycles. The average Bonchev–Trinajstić information content (AvgIpc) is 2.39. The van der Waals surface area contributed by atoms with Crippen LogP contribution in [0, 0.1) is 0 Å². The normalized spacial score (nSPS) is 10.0. The number of benzene rings is 2. The summed E-state index contributed by atoms with van der Waals surface area (Å²) >= 11 is 0. The summed E-state index contributed by atoms with van der Waals surface area (Å²) < 4.78 is 5.14. The van der Waals surface area contributed by atoms with E-state index in [1.807, 2.05) is 55.6 Å². The molecule has 0 saturated carbocycles. The largest absolute Gasteiger partial charge is 0.497 e. The Morgan fingerprint density at radius 3 is 2.24 bits per heavy atom. The molecule has 0 amide bonds. The number of para-hydroxylation sites is 2. The molecule has 0 aliphatic rings. The van der Waals surface area contributed by atoms with Gasteiger partial charge in [0.25, 0.3) is 0 Å². The van der Waals surface area contributed by atoms with E-state index in [1.165, 1.54) is 0 Å². The minimum absolute atomic E-state index is 0.769. The van der Waals surface area contributed by atoms with Crippen molar-refractivity contribution in [2.24, 2.45) is 0 Å². The Hall–Kier alpha value is -2.16. The van der Waals surface area contributed by atoms with Gasteiger partial charge >= 0.3 is 0 Å². The first-order chi connectivity index (χ1) is 8.22. The van der Waals surface area contributed by atoms with Gasteiger partial charge in [0.1, 0.15) is 5.75 Å². The second kappa shape index (κ2) is 4.78. The van der Waals surface area contributed by atoms with Gasteiger partial charge in [0.2, 0.25) is 0 Å². The molecule has 0 spiro atoms. The van der Waals surface area contributed by atoms with Gasteiger partial charge in [0.15, 0.2) is 0 Å². The molecule has 0 aliphatic carbocycles. The van der Waals surface area contributed by atoms with Gasteiger partial charge in [-0.05, 0) is 36.4 Å². The summed E-state index contributed by atoms with van der Waals surface area (Å²) in [6, 6.07) is 15.7. The predicted molar refractivity (Wildman–Crippen MR) is 71.9 cm³/mol. The van der Waals surface area contributed by atoms with Crippen LogP contribution < -0.4 is 15.4 Å². The summed E-state index contributed by atoms with van der Waals surface area (Å²) in [4.78, 5) is 2.05. The zero-order chi connectivity index (χ0) is 12.3. The van der Waals surface area contributed by atoms with Gasteiger partial charge in [0.05, 0.1) is 18.5 Å². The van der Waals surface area contributed by atoms with Crippen molar-refractivity contribution in [3.05, 3.63) is 48.5 Å². The van der Waals surface area contributed by atoms with Crippen LogP contribution in [0.25, 0.3) is 0 Å². The zero-order valence-electron chi connectivity index (χ0n) is 10.1. The van der Waals surface area contributed by atoms with E-state index < -0.39 is 0 Å². The standard InChI is InChI=1S/C14H16N2O/c1-16(14-6-4-3-5-13(14)15)11-7-9-12(17-2)10-8-11/h3-10H,15H2,1-2H3. The van der Waals surface area contributed by atoms with Gasteiger partial charge in [-0.15, -0.1) is 0 Å². The van der Waals surface area contributed by atoms with Gasteiger partial charge in [0, 0.05) is 12.7 Å². The highest BCUT2D eigenvalue weighted by Crippen LogP contribution is 2.29. The molecule has 0 unspecified atom stereocenters. The lowest BCUT2D eigenvalue weighted by Gasteiger charge is -2.21. The molecule has 0 heterocycles. The van der Waals surface area contributed by atoms with Gasteiger partial charge in [-0.25, -0.2) is 0 Å². The molecule has 2 N–H and O–H groups in total. The van der Waals surface area contributed by atoms with Crippen molar-refractivity contribution < 1.29 is 4.74 Å². The van der Waals surface area contributed by atoms with Gasteiger partial charge in [-0.3, -0.25) is 0 Å². The van der Waals surface area contributed by atoms with Crippen LogP contribution in [0.4, 0.5) is 17.1 Å². The molecule has 0 fully saturated rings. The third kappa shape index (κ3) is 2.33. The summed E-state index contributed by atoms with van der Waals surface area (Å²) in [5.74, 6) is 0.850. The highest BCUT2D eigenvalue weighted by atomic mass is 16.5. The van der Waals surface area contributed by atoms with Crippen LogP contribution in [0.15, 0.2) is 48.5 Å². The molecule has 0 atom stereocenters. The van der Waals surface area contributed by atoms with Gasteiger partial charge in [-0.1, -0.05) is 12.1 Å². The maximum absolute atomic E-state index is 5.95. The van der Waals surface area contributed by atoms with Crippen molar-refractivity contribution in [1.29, 1.82) is 0 Å². The first-order valence-electron chi connectivity index (χ1n) is 5.44. The molecule has 2 aromatic carbocycles. The van der Waals surface area contributed by atoms with Crippen LogP contribution in [-0.2, 0) is 0 Å². The average molecular weight is 228 g/mol. The number of methoxy groups -OCH3 is 1. The molecule has 88 valence electrons. The van der Waals surface area contributed by atoms with Crippen molar-refractivity contribution in [2.45, 2.75) is 0 Å². The fourth-order valence-corrected chi connectivity index (χ4v) is 1.74. The lowest BCUT2D eigenvalue weighted by molar-refractivity contribution is 0.415. The number of hydrogen-bond donors (Lipinski definition) is 1. The van der Waals surface area contributed by atoms with E-state index in [0.717, 1.165) is 22.8 Å². The first kappa shape index (κ1) is 11.3. The first-order valence-corrected chi connectivity index (χ1v) is 5.44. The Morgan fingerprint density at radius 1 is 1.00 bits per heavy atom. The number of anilines is 3. The second-order valence-corrected chi connectivity index (χ2v) is 3.82. The Kier molecular flexibility index (Phi) is 3.19. The smallest absolute Gasteiger partial charge is 0.119 e. The summed E-state index contributed by atoms with van der Waals surface area (Å²) in [5, 5.41) is 0. The topological polar surface area (TPSA) is 38.5 Å². The van der Waals surface area contributed by atoms with E-state index in [1.54, 1.807) is 7.11 Å². The zero-order valence-corrected chi connectivity index (χ0v) is 10.1. The van der Waals surface area contributed by atoms with Crippen molar-refractivity contribution in [3.63, 3.8) is 0 Å². The van der Waals surface area contributed by atoms with Crippen LogP contribution in [0.2, 0.25) is 0 Å². The second-order valence-electron chi connectivity index (χ2n) is 3.82. The van der Waals surface area contributed by atoms with Crippen molar-refractivity contribution in [1.82, 2.24) is 0 Å². The lowest BCUT2D eigenvalue weighted by Crippen LogP contribution is -2.11. The summed E-state index contributed by atoms with van der Waals surface area (Å²) in [7, 11) is 3.65. The van der Waals surface area contributed by atoms with E-state index in [4.69, 9.17) is 10.5 Å². The molecule has 2 aromatic rings. The number of ether oxygens (including phenoxy) is 1. The molecule has 0 radical (unpaired) electrons. The third-order valence-corrected chi connectivity index (χ3v) is 2.76. The van der Waals surface area contributed by atoms with Gasteiger partial charge in [-0.2, -0.15) is 0 Å². The predicted octanol–water partition coefficient (Wildman–Crippen LogP) is 3.05. The number of nitrogens with two attached hydrogens (primary N) is 1.